The van der Waals surface area contributed by atoms with Crippen LogP contribution in [-0.2, 0) is 0 Å². The Kier molecular flexibility index (Phi) is 5.05. The average Bonchev–Trinajstić information content (AvgIpc) is 2.42. The van der Waals surface area contributed by atoms with Gasteiger partial charge in [0.1, 0.15) is 5.75 Å². The van der Waals surface area contributed by atoms with Crippen molar-refractivity contribution in [2.24, 2.45) is 11.7 Å². The SMILES string of the molecule is COc1ccc(-c2ccccc2)cc1.NN. The third-order valence-electron chi connectivity index (χ3n) is 2.20. The zero-order valence-corrected chi connectivity index (χ0v) is 9.26. The Morgan fingerprint density at radius 1 is 0.750 bits per heavy atom. The average molecular weight is 216 g/mol. The molecule has 2 rings (SSSR count). The van der Waals surface area contributed by atoms with Crippen LogP contribution in [-0.4, -0.2) is 7.11 Å². The van der Waals surface area contributed by atoms with Crippen molar-refractivity contribution >= 4 is 0 Å². The second-order valence-electron chi connectivity index (χ2n) is 3.09. The molecule has 0 saturated heterocycles. The lowest BCUT2D eigenvalue weighted by atomic mass is 10.1. The number of hydrazine groups is 1. The van der Waals surface area contributed by atoms with Gasteiger partial charge in [-0.3, -0.25) is 11.7 Å². The fourth-order valence-corrected chi connectivity index (χ4v) is 1.41. The van der Waals surface area contributed by atoms with Gasteiger partial charge >= 0.3 is 0 Å². The summed E-state index contributed by atoms with van der Waals surface area (Å²) in [7, 11) is 1.68. The topological polar surface area (TPSA) is 61.3 Å². The zero-order chi connectivity index (χ0) is 11.8. The first-order valence-electron chi connectivity index (χ1n) is 4.93. The molecule has 0 spiro atoms. The van der Waals surface area contributed by atoms with Gasteiger partial charge < -0.3 is 4.74 Å². The fraction of sp³-hybridized carbons (Fsp3) is 0.0769. The van der Waals surface area contributed by atoms with Gasteiger partial charge in [-0.15, -0.1) is 0 Å². The minimum atomic E-state index is 0.893. The molecule has 2 aromatic carbocycles. The molecule has 3 heteroatoms. The zero-order valence-electron chi connectivity index (χ0n) is 9.26. The van der Waals surface area contributed by atoms with Gasteiger partial charge in [-0.2, -0.15) is 0 Å². The lowest BCUT2D eigenvalue weighted by Crippen LogP contribution is -2.02. The molecule has 0 radical (unpaired) electrons. The van der Waals surface area contributed by atoms with Crippen LogP contribution >= 0.6 is 0 Å². The molecule has 84 valence electrons. The van der Waals surface area contributed by atoms with E-state index in [-0.39, 0.29) is 0 Å². The molecule has 3 nitrogen and oxygen atoms in total. The summed E-state index contributed by atoms with van der Waals surface area (Å²) in [4.78, 5) is 0. The lowest BCUT2D eigenvalue weighted by molar-refractivity contribution is 0.415. The molecule has 0 unspecified atom stereocenters. The number of rotatable bonds is 2. The highest BCUT2D eigenvalue weighted by Crippen LogP contribution is 2.21. The van der Waals surface area contributed by atoms with Gasteiger partial charge in [0.2, 0.25) is 0 Å². The van der Waals surface area contributed by atoms with E-state index in [1.54, 1.807) is 7.11 Å². The van der Waals surface area contributed by atoms with Crippen LogP contribution in [0.25, 0.3) is 11.1 Å². The Morgan fingerprint density at radius 3 is 1.75 bits per heavy atom. The molecule has 0 heterocycles. The summed E-state index contributed by atoms with van der Waals surface area (Å²) in [6, 6.07) is 18.4. The van der Waals surface area contributed by atoms with Gasteiger partial charge in [0, 0.05) is 0 Å². The first-order valence-corrected chi connectivity index (χ1v) is 4.93. The molecule has 0 atom stereocenters. The smallest absolute Gasteiger partial charge is 0.118 e. The summed E-state index contributed by atoms with van der Waals surface area (Å²) < 4.78 is 5.11. The molecule has 2 aromatic rings. The van der Waals surface area contributed by atoms with Crippen molar-refractivity contribution in [1.82, 2.24) is 0 Å². The van der Waals surface area contributed by atoms with E-state index in [9.17, 15) is 0 Å². The van der Waals surface area contributed by atoms with Crippen LogP contribution in [0.3, 0.4) is 0 Å². The van der Waals surface area contributed by atoms with Gasteiger partial charge in [-0.05, 0) is 23.3 Å². The quantitative estimate of drug-likeness (QED) is 0.597. The fourth-order valence-electron chi connectivity index (χ4n) is 1.41. The van der Waals surface area contributed by atoms with Gasteiger partial charge in [0.05, 0.1) is 7.11 Å². The van der Waals surface area contributed by atoms with Crippen LogP contribution < -0.4 is 16.4 Å². The summed E-state index contributed by atoms with van der Waals surface area (Å²) in [5, 5.41) is 0. The first-order chi connectivity index (χ1) is 7.90. The van der Waals surface area contributed by atoms with E-state index >= 15 is 0 Å². The van der Waals surface area contributed by atoms with Crippen molar-refractivity contribution in [2.45, 2.75) is 0 Å². The monoisotopic (exact) mass is 216 g/mol. The van der Waals surface area contributed by atoms with E-state index in [4.69, 9.17) is 4.74 Å². The summed E-state index contributed by atoms with van der Waals surface area (Å²) in [6.45, 7) is 0. The predicted molar refractivity (Wildman–Crippen MR) is 66.8 cm³/mol. The van der Waals surface area contributed by atoms with Gasteiger partial charge in [0.25, 0.3) is 0 Å². The van der Waals surface area contributed by atoms with Crippen molar-refractivity contribution in [3.63, 3.8) is 0 Å². The largest absolute Gasteiger partial charge is 0.497 e. The minimum Gasteiger partial charge on any atom is -0.497 e. The number of nitrogens with two attached hydrogens (primary N) is 2. The summed E-state index contributed by atoms with van der Waals surface area (Å²) in [5.41, 5.74) is 2.45. The maximum absolute atomic E-state index is 5.11. The molecule has 0 aliphatic heterocycles. The first kappa shape index (κ1) is 12.2. The molecule has 16 heavy (non-hydrogen) atoms. The summed E-state index contributed by atoms with van der Waals surface area (Å²) >= 11 is 0. The molecule has 4 N–H and O–H groups in total. The van der Waals surface area contributed by atoms with Crippen molar-refractivity contribution in [1.29, 1.82) is 0 Å². The normalized spacial score (nSPS) is 8.94. The Bertz CT molecular complexity index is 398. The molecule has 0 aliphatic rings. The Hall–Kier alpha value is -1.84. The van der Waals surface area contributed by atoms with Crippen LogP contribution in [0.4, 0.5) is 0 Å². The third-order valence-corrected chi connectivity index (χ3v) is 2.20. The summed E-state index contributed by atoms with van der Waals surface area (Å²) in [6.07, 6.45) is 0. The number of methoxy groups -OCH3 is 1. The highest BCUT2D eigenvalue weighted by atomic mass is 16.5. The van der Waals surface area contributed by atoms with Crippen molar-refractivity contribution in [3.05, 3.63) is 54.6 Å². The van der Waals surface area contributed by atoms with Crippen LogP contribution in [0, 0.1) is 0 Å². The van der Waals surface area contributed by atoms with E-state index in [1.165, 1.54) is 11.1 Å². The maximum Gasteiger partial charge on any atom is 0.118 e. The molecular formula is C13H16N2O. The van der Waals surface area contributed by atoms with E-state index in [2.05, 4.69) is 36.0 Å². The molecule has 0 fully saturated rings. The Morgan fingerprint density at radius 2 is 1.25 bits per heavy atom. The molecule has 0 aromatic heterocycles. The number of ether oxygens (including phenoxy) is 1. The van der Waals surface area contributed by atoms with Crippen LogP contribution in [0.5, 0.6) is 5.75 Å². The van der Waals surface area contributed by atoms with Gasteiger partial charge in [-0.25, -0.2) is 0 Å². The van der Waals surface area contributed by atoms with E-state index in [0.29, 0.717) is 0 Å². The molecule has 0 aliphatic carbocycles. The molecule has 0 saturated carbocycles. The third kappa shape index (κ3) is 3.08. The highest BCUT2D eigenvalue weighted by Gasteiger charge is 1.95. The predicted octanol–water partition coefficient (Wildman–Crippen LogP) is 2.18. The highest BCUT2D eigenvalue weighted by molar-refractivity contribution is 5.63. The van der Waals surface area contributed by atoms with Crippen molar-refractivity contribution < 1.29 is 4.74 Å². The van der Waals surface area contributed by atoms with Gasteiger partial charge in [0.15, 0.2) is 0 Å². The molecule has 0 bridgehead atoms. The van der Waals surface area contributed by atoms with Gasteiger partial charge in [-0.1, -0.05) is 42.5 Å². The minimum absolute atomic E-state index is 0.893. The Balaban J connectivity index is 0.000000606. The standard InChI is InChI=1S/C13H12O.H4N2/c1-14-13-9-7-12(8-10-13)11-5-3-2-4-6-11;1-2/h2-10H,1H3;1-2H2. The van der Waals surface area contributed by atoms with E-state index in [1.807, 2.05) is 30.3 Å². The molecular weight excluding hydrogens is 200 g/mol. The Labute approximate surface area is 95.6 Å². The number of hydrogen-bond donors (Lipinski definition) is 2. The summed E-state index contributed by atoms with van der Waals surface area (Å²) in [5.74, 6) is 8.89. The number of benzene rings is 2. The van der Waals surface area contributed by atoms with Crippen LogP contribution in [0.2, 0.25) is 0 Å². The van der Waals surface area contributed by atoms with Crippen LogP contribution in [0.1, 0.15) is 0 Å². The second-order valence-corrected chi connectivity index (χ2v) is 3.09. The van der Waals surface area contributed by atoms with Crippen molar-refractivity contribution in [3.8, 4) is 16.9 Å². The van der Waals surface area contributed by atoms with Crippen molar-refractivity contribution in [2.75, 3.05) is 7.11 Å². The van der Waals surface area contributed by atoms with E-state index < -0.39 is 0 Å². The second kappa shape index (κ2) is 6.61. The molecule has 0 amide bonds. The maximum atomic E-state index is 5.11. The van der Waals surface area contributed by atoms with E-state index in [0.717, 1.165) is 5.75 Å². The lowest BCUT2D eigenvalue weighted by Gasteiger charge is -2.02. The van der Waals surface area contributed by atoms with Crippen LogP contribution in [0.15, 0.2) is 54.6 Å². The number of hydrogen-bond acceptors (Lipinski definition) is 3.